The van der Waals surface area contributed by atoms with Crippen molar-refractivity contribution in [3.05, 3.63) is 264 Å². The third kappa shape index (κ3) is 7.91. The number of aliphatic hydroxyl groups excluding tert-OH is 2. The lowest BCUT2D eigenvalue weighted by Gasteiger charge is -2.32. The molecule has 2 heterocycles. The maximum Gasteiger partial charge on any atom is 0.132 e. The zero-order valence-corrected chi connectivity index (χ0v) is 44.6. The van der Waals surface area contributed by atoms with Gasteiger partial charge in [-0.2, -0.15) is 0 Å². The number of hydrogen-bond acceptors (Lipinski definition) is 8. The van der Waals surface area contributed by atoms with Crippen LogP contribution >= 0.6 is 0 Å². The van der Waals surface area contributed by atoms with Crippen LogP contribution in [0.25, 0.3) is 97.0 Å². The number of fused-ring (bicyclic) bond motifs is 15. The van der Waals surface area contributed by atoms with Crippen molar-refractivity contribution in [1.82, 2.24) is 0 Å². The average molecular weight is 1070 g/mol. The summed E-state index contributed by atoms with van der Waals surface area (Å²) in [7, 11) is 2.00. The van der Waals surface area contributed by atoms with E-state index in [-0.39, 0.29) is 34.8 Å². The van der Waals surface area contributed by atoms with E-state index >= 15 is 0 Å². The van der Waals surface area contributed by atoms with E-state index < -0.39 is 0 Å². The van der Waals surface area contributed by atoms with E-state index in [1.165, 1.54) is 53.9 Å². The van der Waals surface area contributed by atoms with E-state index in [2.05, 4.69) is 109 Å². The Hall–Kier alpha value is -10.4. The first-order valence-electron chi connectivity index (χ1n) is 27.1. The van der Waals surface area contributed by atoms with Crippen molar-refractivity contribution in [2.24, 2.45) is 0 Å². The van der Waals surface area contributed by atoms with E-state index in [0.717, 1.165) is 114 Å². The van der Waals surface area contributed by atoms with Gasteiger partial charge in [-0.05, 0) is 187 Å². The van der Waals surface area contributed by atoms with Crippen LogP contribution in [0.5, 0.6) is 46.0 Å². The monoisotopic (exact) mass is 1070 g/mol. The van der Waals surface area contributed by atoms with Crippen molar-refractivity contribution in [3.63, 3.8) is 0 Å². The topological polar surface area (TPSA) is 140 Å². The highest BCUT2D eigenvalue weighted by Gasteiger charge is 2.35. The van der Waals surface area contributed by atoms with Gasteiger partial charge in [0.2, 0.25) is 0 Å². The first-order chi connectivity index (χ1) is 40.3. The fourth-order valence-corrected chi connectivity index (χ4v) is 13.2. The summed E-state index contributed by atoms with van der Waals surface area (Å²) >= 11 is 0. The van der Waals surface area contributed by atoms with Crippen LogP contribution in [-0.4, -0.2) is 44.9 Å². The normalized spacial score (nSPS) is 12.7. The number of rotatable bonds is 2. The van der Waals surface area contributed by atoms with Crippen molar-refractivity contribution in [1.29, 1.82) is 0 Å². The van der Waals surface area contributed by atoms with Gasteiger partial charge in [0.1, 0.15) is 46.0 Å². The third-order valence-corrected chi connectivity index (χ3v) is 16.6. The number of phenols is 4. The van der Waals surface area contributed by atoms with Crippen LogP contribution in [0.4, 0.5) is 0 Å². The van der Waals surface area contributed by atoms with Gasteiger partial charge in [-0.1, -0.05) is 152 Å². The summed E-state index contributed by atoms with van der Waals surface area (Å²) < 4.78 is 13.1. The lowest BCUT2D eigenvalue weighted by Crippen LogP contribution is -2.13. The molecule has 2 aliphatic rings. The molecule has 2 aliphatic heterocycles. The summed E-state index contributed by atoms with van der Waals surface area (Å²) in [6, 6.07) is 77.6. The first-order valence-corrected chi connectivity index (χ1v) is 27.1. The first kappa shape index (κ1) is 49.9. The molecule has 6 N–H and O–H groups in total. The molecule has 82 heavy (non-hydrogen) atoms. The van der Waals surface area contributed by atoms with Crippen molar-refractivity contribution in [3.8, 4) is 46.0 Å². The summed E-state index contributed by atoms with van der Waals surface area (Å²) in [5.74, 6) is 3.60. The minimum Gasteiger partial charge on any atom is -0.508 e. The predicted molar refractivity (Wildman–Crippen MR) is 332 cm³/mol. The molecule has 17 rings (SSSR count). The maximum atomic E-state index is 10.5. The highest BCUT2D eigenvalue weighted by atomic mass is 16.5. The average Bonchev–Trinajstić information content (AvgIpc) is 2.11. The van der Waals surface area contributed by atoms with Crippen LogP contribution in [0, 0.1) is 0 Å². The van der Waals surface area contributed by atoms with Gasteiger partial charge in [0.25, 0.3) is 0 Å². The molecular weight excluding hydrogens is 1020 g/mol. The van der Waals surface area contributed by atoms with E-state index in [9.17, 15) is 20.4 Å². The van der Waals surface area contributed by atoms with Gasteiger partial charge in [0, 0.05) is 48.3 Å². The lowest BCUT2D eigenvalue weighted by molar-refractivity contribution is 0.399. The Morgan fingerprint density at radius 3 is 1.02 bits per heavy atom. The molecule has 0 bridgehead atoms. The minimum atomic E-state index is -0.195. The number of ether oxygens (including phenoxy) is 2. The third-order valence-electron chi connectivity index (χ3n) is 16.6. The van der Waals surface area contributed by atoms with Crippen LogP contribution < -0.4 is 9.47 Å². The van der Waals surface area contributed by atoms with Gasteiger partial charge >= 0.3 is 0 Å². The van der Waals surface area contributed by atoms with Crippen molar-refractivity contribution < 1.29 is 40.1 Å². The van der Waals surface area contributed by atoms with Crippen molar-refractivity contribution in [2.45, 2.75) is 11.8 Å². The Morgan fingerprint density at radius 2 is 0.585 bits per heavy atom. The van der Waals surface area contributed by atoms with Crippen LogP contribution in [0.1, 0.15) is 45.2 Å². The number of aliphatic hydroxyl groups is 2. The molecule has 0 radical (unpaired) electrons. The zero-order chi connectivity index (χ0) is 55.9. The Bertz CT molecular complexity index is 4820. The highest BCUT2D eigenvalue weighted by molar-refractivity contribution is 6.23. The Labute approximate surface area is 470 Å². The molecule has 8 nitrogen and oxygen atoms in total. The van der Waals surface area contributed by atoms with Gasteiger partial charge in [0.05, 0.1) is 0 Å². The highest BCUT2D eigenvalue weighted by Crippen LogP contribution is 2.56. The molecule has 0 saturated carbocycles. The van der Waals surface area contributed by atoms with Crippen molar-refractivity contribution in [2.75, 3.05) is 14.2 Å². The largest absolute Gasteiger partial charge is 0.508 e. The summed E-state index contributed by atoms with van der Waals surface area (Å²) in [5, 5.41) is 76.3. The predicted octanol–water partition coefficient (Wildman–Crippen LogP) is 17.8. The molecule has 0 amide bonds. The standard InChI is InChI=1S/C37H22O3.C35H22O3.2CH4O/c38-27-12-8-20-10-14-31-36(29(20)18-27)35(37-30-19-28(39)13-9-21(30)11-15-32(37)40-31)26-16-24-6-4-22-2-1-3-23-5-7-25(17-26)34(24)33(22)23;36-23-13-9-20-11-15-31-33(28(20)18-23)35(34-29-19-24(37)14-10-21(29)12-16-32(34)38-31)30-17-22-5-1-2-6-25(22)26-7-3-4-8-27(26)30;2*1-2/h1-19,35,38-39H;1-19,35-37H;2*2H,1H3. The van der Waals surface area contributed by atoms with Crippen LogP contribution in [0.15, 0.2) is 231 Å². The molecule has 0 atom stereocenters. The van der Waals surface area contributed by atoms with E-state index in [4.69, 9.17) is 19.7 Å². The summed E-state index contributed by atoms with van der Waals surface area (Å²) in [4.78, 5) is 0. The quantitative estimate of drug-likeness (QED) is 0.0941. The van der Waals surface area contributed by atoms with E-state index in [1.807, 2.05) is 97.1 Å². The maximum absolute atomic E-state index is 10.5. The van der Waals surface area contributed by atoms with Gasteiger partial charge in [-0.25, -0.2) is 0 Å². The van der Waals surface area contributed by atoms with E-state index in [1.54, 1.807) is 24.3 Å². The summed E-state index contributed by atoms with van der Waals surface area (Å²) in [6.45, 7) is 0. The number of phenolic OH excluding ortho intramolecular Hbond substituents is 4. The molecular formula is C74H52O8. The van der Waals surface area contributed by atoms with Gasteiger partial charge in [0.15, 0.2) is 0 Å². The smallest absolute Gasteiger partial charge is 0.132 e. The molecule has 15 aromatic carbocycles. The second kappa shape index (κ2) is 19.8. The zero-order valence-electron chi connectivity index (χ0n) is 44.6. The van der Waals surface area contributed by atoms with Crippen LogP contribution in [0.2, 0.25) is 0 Å². The fraction of sp³-hybridized carbons (Fsp3) is 0.0541. The molecule has 396 valence electrons. The molecule has 15 aromatic rings. The number of aromatic hydroxyl groups is 4. The molecule has 0 spiro atoms. The number of benzene rings is 15. The molecule has 8 heteroatoms. The van der Waals surface area contributed by atoms with Crippen LogP contribution in [-0.2, 0) is 0 Å². The lowest BCUT2D eigenvalue weighted by atomic mass is 9.76. The Kier molecular flexibility index (Phi) is 12.0. The molecule has 0 aliphatic carbocycles. The Morgan fingerprint density at radius 1 is 0.256 bits per heavy atom. The van der Waals surface area contributed by atoms with Gasteiger partial charge in [-0.15, -0.1) is 0 Å². The molecule has 0 unspecified atom stereocenters. The second-order valence-electron chi connectivity index (χ2n) is 20.9. The molecule has 0 saturated heterocycles. The summed E-state index contributed by atoms with van der Waals surface area (Å²) in [6.07, 6.45) is 0. The second-order valence-corrected chi connectivity index (χ2v) is 20.9. The van der Waals surface area contributed by atoms with Crippen LogP contribution in [0.3, 0.4) is 0 Å². The SMILES string of the molecule is CO.CO.Oc1ccc2ccc3c(c2c1)C(c1cc2ccc4cccc5ccc(c1)c2c45)c1c(ccc2ccc(O)cc12)O3.Oc1ccc2ccc3c(c2c1)C(c1cc2ccccc2c2ccccc12)c1c(ccc2ccc(O)cc12)O3. The molecule has 0 aromatic heterocycles. The van der Waals surface area contributed by atoms with Gasteiger partial charge < -0.3 is 40.1 Å². The minimum absolute atomic E-state index is 0.184. The van der Waals surface area contributed by atoms with E-state index in [0.29, 0.717) is 0 Å². The summed E-state index contributed by atoms with van der Waals surface area (Å²) in [5.41, 5.74) is 6.37. The molecule has 0 fully saturated rings. The van der Waals surface area contributed by atoms with Crippen molar-refractivity contribution >= 4 is 97.0 Å². The fourth-order valence-electron chi connectivity index (χ4n) is 13.2. The Balaban J connectivity index is 0.000000139. The number of hydrogen-bond donors (Lipinski definition) is 6. The van der Waals surface area contributed by atoms with Gasteiger partial charge in [-0.3, -0.25) is 0 Å².